The fourth-order valence-electron chi connectivity index (χ4n) is 2.62. The normalized spacial score (nSPS) is 14.0. The van der Waals surface area contributed by atoms with E-state index in [9.17, 15) is 4.79 Å². The number of benzene rings is 1. The van der Waals surface area contributed by atoms with Gasteiger partial charge in [-0.25, -0.2) is 9.97 Å². The molecule has 2 N–H and O–H groups in total. The van der Waals surface area contributed by atoms with Crippen LogP contribution in [0, 0.1) is 0 Å². The minimum absolute atomic E-state index is 0.119. The second-order valence-electron chi connectivity index (χ2n) is 5.77. The van der Waals surface area contributed by atoms with Gasteiger partial charge in [-0.05, 0) is 24.3 Å². The Morgan fingerprint density at radius 2 is 1.96 bits per heavy atom. The van der Waals surface area contributed by atoms with Crippen molar-refractivity contribution in [2.75, 3.05) is 56.7 Å². The average Bonchev–Trinajstić information content (AvgIpc) is 2.72. The highest BCUT2D eigenvalue weighted by atomic mass is 16.5. The summed E-state index contributed by atoms with van der Waals surface area (Å²) < 4.78 is 10.4. The molecule has 8 nitrogen and oxygen atoms in total. The number of nitrogens with zero attached hydrogens (tertiary/aromatic N) is 3. The molecule has 1 fully saturated rings. The quantitative estimate of drug-likeness (QED) is 0.719. The Balaban J connectivity index is 1.45. The summed E-state index contributed by atoms with van der Waals surface area (Å²) in [4.78, 5) is 22.8. The molecular weight excluding hydrogens is 334 g/mol. The Kier molecular flexibility index (Phi) is 6.21. The van der Waals surface area contributed by atoms with Gasteiger partial charge in [0.1, 0.15) is 23.7 Å². The first-order valence-electron chi connectivity index (χ1n) is 8.57. The fourth-order valence-corrected chi connectivity index (χ4v) is 2.62. The average molecular weight is 357 g/mol. The number of carbonyl (C=O) groups is 1. The number of rotatable bonds is 7. The van der Waals surface area contributed by atoms with E-state index in [0.29, 0.717) is 31.9 Å². The van der Waals surface area contributed by atoms with E-state index in [1.165, 1.54) is 0 Å². The van der Waals surface area contributed by atoms with Crippen LogP contribution in [-0.2, 0) is 4.74 Å². The standard InChI is InChI=1S/C18H23N5O3/c1-25-15-4-2-14(3-5-15)18(24)20-7-6-19-16-12-17(22-13-21-16)23-8-10-26-11-9-23/h2-5,12-13H,6-11H2,1H3,(H,20,24)(H,19,21,22). The monoisotopic (exact) mass is 357 g/mol. The molecule has 8 heteroatoms. The molecule has 0 bridgehead atoms. The number of hydrogen-bond donors (Lipinski definition) is 2. The topological polar surface area (TPSA) is 88.6 Å². The highest BCUT2D eigenvalue weighted by Gasteiger charge is 2.13. The summed E-state index contributed by atoms with van der Waals surface area (Å²) >= 11 is 0. The SMILES string of the molecule is COc1ccc(C(=O)NCCNc2cc(N3CCOCC3)ncn2)cc1. The molecule has 0 spiro atoms. The van der Waals surface area contributed by atoms with Gasteiger partial charge < -0.3 is 25.0 Å². The second-order valence-corrected chi connectivity index (χ2v) is 5.77. The van der Waals surface area contributed by atoms with Crippen LogP contribution < -0.4 is 20.3 Å². The van der Waals surface area contributed by atoms with Gasteiger partial charge in [0.15, 0.2) is 0 Å². The minimum Gasteiger partial charge on any atom is -0.497 e. The lowest BCUT2D eigenvalue weighted by Crippen LogP contribution is -2.36. The molecule has 0 saturated carbocycles. The van der Waals surface area contributed by atoms with Crippen molar-refractivity contribution in [2.45, 2.75) is 0 Å². The van der Waals surface area contributed by atoms with E-state index in [1.54, 1.807) is 37.7 Å². The van der Waals surface area contributed by atoms with Crippen LogP contribution >= 0.6 is 0 Å². The molecule has 3 rings (SSSR count). The molecule has 1 amide bonds. The van der Waals surface area contributed by atoms with Crippen LogP contribution in [0.15, 0.2) is 36.7 Å². The Labute approximate surface area is 152 Å². The van der Waals surface area contributed by atoms with Crippen molar-refractivity contribution in [3.05, 3.63) is 42.2 Å². The van der Waals surface area contributed by atoms with Gasteiger partial charge >= 0.3 is 0 Å². The third-order valence-electron chi connectivity index (χ3n) is 4.06. The predicted molar refractivity (Wildman–Crippen MR) is 98.9 cm³/mol. The van der Waals surface area contributed by atoms with Crippen molar-refractivity contribution >= 4 is 17.5 Å². The number of morpholine rings is 1. The van der Waals surface area contributed by atoms with Crippen LogP contribution in [0.1, 0.15) is 10.4 Å². The Bertz CT molecular complexity index is 717. The fraction of sp³-hybridized carbons (Fsp3) is 0.389. The molecule has 1 aromatic heterocycles. The van der Waals surface area contributed by atoms with Crippen LogP contribution in [0.2, 0.25) is 0 Å². The molecule has 2 heterocycles. The molecule has 1 aliphatic rings. The summed E-state index contributed by atoms with van der Waals surface area (Å²) in [5, 5.41) is 6.08. The molecular formula is C18H23N5O3. The highest BCUT2D eigenvalue weighted by Crippen LogP contribution is 2.15. The lowest BCUT2D eigenvalue weighted by atomic mass is 10.2. The molecule has 1 saturated heterocycles. The molecule has 2 aromatic rings. The Hall–Kier alpha value is -2.87. The van der Waals surface area contributed by atoms with Crippen molar-refractivity contribution in [3.63, 3.8) is 0 Å². The number of aromatic nitrogens is 2. The molecule has 0 radical (unpaired) electrons. The predicted octanol–water partition coefficient (Wildman–Crippen LogP) is 1.16. The molecule has 0 unspecified atom stereocenters. The summed E-state index contributed by atoms with van der Waals surface area (Å²) in [6, 6.07) is 8.92. The number of hydrogen-bond acceptors (Lipinski definition) is 7. The first-order valence-corrected chi connectivity index (χ1v) is 8.57. The van der Waals surface area contributed by atoms with Crippen LogP contribution in [0.25, 0.3) is 0 Å². The third kappa shape index (κ3) is 4.82. The number of anilines is 2. The van der Waals surface area contributed by atoms with E-state index < -0.39 is 0 Å². The smallest absolute Gasteiger partial charge is 0.251 e. The molecule has 1 aliphatic heterocycles. The third-order valence-corrected chi connectivity index (χ3v) is 4.06. The second kappa shape index (κ2) is 9.00. The zero-order valence-corrected chi connectivity index (χ0v) is 14.8. The maximum Gasteiger partial charge on any atom is 0.251 e. The Morgan fingerprint density at radius 3 is 2.69 bits per heavy atom. The number of amides is 1. The van der Waals surface area contributed by atoms with Crippen molar-refractivity contribution < 1.29 is 14.3 Å². The molecule has 26 heavy (non-hydrogen) atoms. The molecule has 0 atom stereocenters. The van der Waals surface area contributed by atoms with Gasteiger partial charge in [-0.2, -0.15) is 0 Å². The van der Waals surface area contributed by atoms with E-state index in [-0.39, 0.29) is 5.91 Å². The minimum atomic E-state index is -0.119. The summed E-state index contributed by atoms with van der Waals surface area (Å²) in [5.74, 6) is 2.22. The molecule has 0 aliphatic carbocycles. The van der Waals surface area contributed by atoms with Crippen LogP contribution in [0.5, 0.6) is 5.75 Å². The van der Waals surface area contributed by atoms with E-state index >= 15 is 0 Å². The van der Waals surface area contributed by atoms with Gasteiger partial charge in [-0.3, -0.25) is 4.79 Å². The lowest BCUT2D eigenvalue weighted by Gasteiger charge is -2.27. The maximum absolute atomic E-state index is 12.1. The molecule has 1 aromatic carbocycles. The summed E-state index contributed by atoms with van der Waals surface area (Å²) in [6.45, 7) is 4.14. The number of ether oxygens (including phenoxy) is 2. The van der Waals surface area contributed by atoms with Gasteiger partial charge in [0, 0.05) is 37.8 Å². The van der Waals surface area contributed by atoms with Crippen molar-refractivity contribution in [1.29, 1.82) is 0 Å². The number of nitrogens with one attached hydrogen (secondary N) is 2. The number of carbonyl (C=O) groups excluding carboxylic acids is 1. The Morgan fingerprint density at radius 1 is 1.19 bits per heavy atom. The highest BCUT2D eigenvalue weighted by molar-refractivity contribution is 5.94. The van der Waals surface area contributed by atoms with Gasteiger partial charge in [-0.1, -0.05) is 0 Å². The van der Waals surface area contributed by atoms with E-state index in [1.807, 2.05) is 6.07 Å². The van der Waals surface area contributed by atoms with Crippen LogP contribution in [0.4, 0.5) is 11.6 Å². The van der Waals surface area contributed by atoms with Crippen LogP contribution in [0.3, 0.4) is 0 Å². The molecule has 138 valence electrons. The summed E-state index contributed by atoms with van der Waals surface area (Å²) in [6.07, 6.45) is 1.54. The van der Waals surface area contributed by atoms with Gasteiger partial charge in [0.05, 0.1) is 20.3 Å². The van der Waals surface area contributed by atoms with E-state index in [4.69, 9.17) is 9.47 Å². The van der Waals surface area contributed by atoms with Gasteiger partial charge in [0.2, 0.25) is 0 Å². The summed E-state index contributed by atoms with van der Waals surface area (Å²) in [7, 11) is 1.60. The summed E-state index contributed by atoms with van der Waals surface area (Å²) in [5.41, 5.74) is 0.599. The zero-order chi connectivity index (χ0) is 18.2. The number of methoxy groups -OCH3 is 1. The largest absolute Gasteiger partial charge is 0.497 e. The van der Waals surface area contributed by atoms with Gasteiger partial charge in [0.25, 0.3) is 5.91 Å². The zero-order valence-electron chi connectivity index (χ0n) is 14.8. The van der Waals surface area contributed by atoms with Crippen molar-refractivity contribution in [1.82, 2.24) is 15.3 Å². The van der Waals surface area contributed by atoms with Crippen LogP contribution in [-0.4, -0.2) is 62.4 Å². The maximum atomic E-state index is 12.1. The first kappa shape index (κ1) is 17.9. The van der Waals surface area contributed by atoms with E-state index in [0.717, 1.165) is 30.5 Å². The van der Waals surface area contributed by atoms with Crippen molar-refractivity contribution in [3.8, 4) is 5.75 Å². The first-order chi connectivity index (χ1) is 12.8. The lowest BCUT2D eigenvalue weighted by molar-refractivity contribution is 0.0955. The van der Waals surface area contributed by atoms with Crippen molar-refractivity contribution in [2.24, 2.45) is 0 Å². The van der Waals surface area contributed by atoms with Gasteiger partial charge in [-0.15, -0.1) is 0 Å². The van der Waals surface area contributed by atoms with E-state index in [2.05, 4.69) is 25.5 Å².